The molecule has 1 saturated heterocycles. The highest BCUT2D eigenvalue weighted by atomic mass is 32.2. The summed E-state index contributed by atoms with van der Waals surface area (Å²) in [5.74, 6) is 0.857. The van der Waals surface area contributed by atoms with Crippen molar-refractivity contribution in [1.29, 1.82) is 0 Å². The molecule has 1 fully saturated rings. The van der Waals surface area contributed by atoms with E-state index < -0.39 is 10.0 Å². The molecule has 8 nitrogen and oxygen atoms in total. The minimum absolute atomic E-state index is 0.103. The Morgan fingerprint density at radius 3 is 2.42 bits per heavy atom. The Morgan fingerprint density at radius 1 is 1.06 bits per heavy atom. The summed E-state index contributed by atoms with van der Waals surface area (Å²) in [5, 5.41) is 5.52. The van der Waals surface area contributed by atoms with Crippen LogP contribution in [0.4, 0.5) is 10.5 Å². The number of carbonyl (C=O) groups is 1. The first-order chi connectivity index (χ1) is 14.8. The zero-order chi connectivity index (χ0) is 22.0. The number of fused-ring (bicyclic) bond motifs is 1. The van der Waals surface area contributed by atoms with Crippen LogP contribution in [-0.4, -0.2) is 56.7 Å². The third-order valence-electron chi connectivity index (χ3n) is 5.34. The number of sulfonamides is 1. The van der Waals surface area contributed by atoms with Crippen LogP contribution >= 0.6 is 0 Å². The summed E-state index contributed by atoms with van der Waals surface area (Å²) in [4.78, 5) is 12.4. The molecule has 4 rings (SSSR count). The number of morpholine rings is 1. The molecule has 2 aliphatic heterocycles. The average Bonchev–Trinajstić information content (AvgIpc) is 3.15. The number of nitrogens with one attached hydrogen (secondary N) is 2. The monoisotopic (exact) mass is 445 g/mol. The van der Waals surface area contributed by atoms with Crippen LogP contribution in [0, 0.1) is 0 Å². The van der Waals surface area contributed by atoms with Gasteiger partial charge < -0.3 is 20.1 Å². The molecule has 9 heteroatoms. The van der Waals surface area contributed by atoms with Crippen LogP contribution in [0.5, 0.6) is 5.75 Å². The van der Waals surface area contributed by atoms with E-state index >= 15 is 0 Å². The smallest absolute Gasteiger partial charge is 0.319 e. The number of amides is 2. The number of hydrogen-bond donors (Lipinski definition) is 2. The van der Waals surface area contributed by atoms with Crippen LogP contribution in [-0.2, 0) is 21.2 Å². The number of nitrogens with zero attached hydrogens (tertiary/aromatic N) is 1. The molecule has 0 spiro atoms. The molecule has 2 aliphatic rings. The molecule has 0 aromatic heterocycles. The van der Waals surface area contributed by atoms with E-state index in [2.05, 4.69) is 10.6 Å². The quantitative estimate of drug-likeness (QED) is 0.738. The molecule has 0 saturated carbocycles. The second kappa shape index (κ2) is 8.86. The summed E-state index contributed by atoms with van der Waals surface area (Å²) >= 11 is 0. The van der Waals surface area contributed by atoms with E-state index in [1.807, 2.05) is 38.1 Å². The third-order valence-corrected chi connectivity index (χ3v) is 7.19. The Hall–Kier alpha value is -2.62. The Morgan fingerprint density at radius 2 is 1.74 bits per heavy atom. The predicted molar refractivity (Wildman–Crippen MR) is 117 cm³/mol. The topological polar surface area (TPSA) is 97.0 Å². The fourth-order valence-electron chi connectivity index (χ4n) is 3.94. The fraction of sp³-hybridized carbons (Fsp3) is 0.409. The van der Waals surface area contributed by atoms with Crippen LogP contribution in [0.25, 0.3) is 0 Å². The molecule has 2 aromatic rings. The molecule has 2 aromatic carbocycles. The van der Waals surface area contributed by atoms with Gasteiger partial charge in [0, 0.05) is 25.2 Å². The lowest BCUT2D eigenvalue weighted by Crippen LogP contribution is -2.48. The van der Waals surface area contributed by atoms with Gasteiger partial charge in [-0.3, -0.25) is 0 Å². The Balaban J connectivity index is 1.31. The Labute approximate surface area is 182 Å². The number of carbonyl (C=O) groups excluding carboxylic acids is 1. The zero-order valence-electron chi connectivity index (χ0n) is 17.6. The lowest BCUT2D eigenvalue weighted by atomic mass is 10.1. The fourth-order valence-corrected chi connectivity index (χ4v) is 5.53. The van der Waals surface area contributed by atoms with Crippen molar-refractivity contribution in [2.24, 2.45) is 0 Å². The van der Waals surface area contributed by atoms with Crippen LogP contribution in [0.2, 0.25) is 0 Å². The van der Waals surface area contributed by atoms with Crippen molar-refractivity contribution in [3.05, 3.63) is 54.1 Å². The third kappa shape index (κ3) is 5.00. The Bertz CT molecular complexity index is 1010. The Kier molecular flexibility index (Phi) is 6.17. The van der Waals surface area contributed by atoms with Gasteiger partial charge in [-0.05, 0) is 49.7 Å². The first kappa shape index (κ1) is 21.6. The van der Waals surface area contributed by atoms with E-state index in [4.69, 9.17) is 9.47 Å². The summed E-state index contributed by atoms with van der Waals surface area (Å²) < 4.78 is 38.7. The number of para-hydroxylation sites is 1. The van der Waals surface area contributed by atoms with Crippen molar-refractivity contribution in [3.63, 3.8) is 0 Å². The van der Waals surface area contributed by atoms with E-state index in [-0.39, 0.29) is 29.2 Å². The molecule has 0 radical (unpaired) electrons. The van der Waals surface area contributed by atoms with Crippen molar-refractivity contribution >= 4 is 21.7 Å². The van der Waals surface area contributed by atoms with Gasteiger partial charge in [0.1, 0.15) is 11.9 Å². The van der Waals surface area contributed by atoms with Gasteiger partial charge in [-0.15, -0.1) is 0 Å². The minimum atomic E-state index is -3.61. The van der Waals surface area contributed by atoms with Gasteiger partial charge in [-0.1, -0.05) is 18.2 Å². The van der Waals surface area contributed by atoms with Crippen molar-refractivity contribution in [2.75, 3.05) is 25.0 Å². The SMILES string of the molecule is CC1CN(S(=O)(=O)c2ccc(NC(=O)NCC3Cc4ccccc4O3)cc2)CC(C)O1. The maximum atomic E-state index is 12.9. The molecule has 3 atom stereocenters. The minimum Gasteiger partial charge on any atom is -0.488 e. The maximum absolute atomic E-state index is 12.9. The summed E-state index contributed by atoms with van der Waals surface area (Å²) in [6.45, 7) is 4.74. The van der Waals surface area contributed by atoms with Gasteiger partial charge in [0.05, 0.1) is 23.6 Å². The number of urea groups is 1. The van der Waals surface area contributed by atoms with E-state index in [9.17, 15) is 13.2 Å². The van der Waals surface area contributed by atoms with Crippen LogP contribution in [0.1, 0.15) is 19.4 Å². The van der Waals surface area contributed by atoms with E-state index in [0.717, 1.165) is 17.7 Å². The second-order valence-corrected chi connectivity index (χ2v) is 9.93. The highest BCUT2D eigenvalue weighted by Crippen LogP contribution is 2.27. The van der Waals surface area contributed by atoms with E-state index in [1.54, 1.807) is 12.1 Å². The maximum Gasteiger partial charge on any atom is 0.319 e. The van der Waals surface area contributed by atoms with Crippen LogP contribution in [0.15, 0.2) is 53.4 Å². The number of rotatable bonds is 5. The van der Waals surface area contributed by atoms with Crippen molar-refractivity contribution in [3.8, 4) is 5.75 Å². The van der Waals surface area contributed by atoms with E-state index in [0.29, 0.717) is 25.3 Å². The molecule has 0 aliphatic carbocycles. The van der Waals surface area contributed by atoms with Gasteiger partial charge in [0.15, 0.2) is 0 Å². The largest absolute Gasteiger partial charge is 0.488 e. The van der Waals surface area contributed by atoms with Crippen molar-refractivity contribution < 1.29 is 22.7 Å². The predicted octanol–water partition coefficient (Wildman–Crippen LogP) is 2.61. The first-order valence-corrected chi connectivity index (χ1v) is 11.8. The lowest BCUT2D eigenvalue weighted by Gasteiger charge is -2.34. The molecular weight excluding hydrogens is 418 g/mol. The second-order valence-electron chi connectivity index (χ2n) is 7.99. The molecule has 31 heavy (non-hydrogen) atoms. The molecular formula is C22H27N3O5S. The van der Waals surface area contributed by atoms with Gasteiger partial charge in [-0.25, -0.2) is 13.2 Å². The first-order valence-electron chi connectivity index (χ1n) is 10.4. The lowest BCUT2D eigenvalue weighted by molar-refractivity contribution is -0.0440. The number of benzene rings is 2. The zero-order valence-corrected chi connectivity index (χ0v) is 18.4. The van der Waals surface area contributed by atoms with Crippen molar-refractivity contribution in [2.45, 2.75) is 43.5 Å². The standard InChI is InChI=1S/C22H27N3O5S/c1-15-13-25(14-16(2)29-15)31(27,28)20-9-7-18(8-10-20)24-22(26)23-12-19-11-17-5-3-4-6-21(17)30-19/h3-10,15-16,19H,11-14H2,1-2H3,(H2,23,24,26). The van der Waals surface area contributed by atoms with Gasteiger partial charge in [0.2, 0.25) is 10.0 Å². The molecule has 0 bridgehead atoms. The molecule has 3 unspecified atom stereocenters. The van der Waals surface area contributed by atoms with E-state index in [1.165, 1.54) is 16.4 Å². The number of hydrogen-bond acceptors (Lipinski definition) is 5. The summed E-state index contributed by atoms with van der Waals surface area (Å²) in [6, 6.07) is 13.6. The molecule has 2 amide bonds. The molecule has 166 valence electrons. The van der Waals surface area contributed by atoms with Crippen LogP contribution < -0.4 is 15.4 Å². The summed E-state index contributed by atoms with van der Waals surface area (Å²) in [7, 11) is -3.61. The van der Waals surface area contributed by atoms with Crippen LogP contribution in [0.3, 0.4) is 0 Å². The summed E-state index contributed by atoms with van der Waals surface area (Å²) in [5.41, 5.74) is 1.64. The van der Waals surface area contributed by atoms with Gasteiger partial charge >= 0.3 is 6.03 Å². The van der Waals surface area contributed by atoms with Crippen molar-refractivity contribution in [1.82, 2.24) is 9.62 Å². The average molecular weight is 446 g/mol. The number of ether oxygens (including phenoxy) is 2. The normalized spacial score (nSPS) is 23.6. The van der Waals surface area contributed by atoms with Gasteiger partial charge in [0.25, 0.3) is 0 Å². The number of anilines is 1. The van der Waals surface area contributed by atoms with Gasteiger partial charge in [-0.2, -0.15) is 4.31 Å². The summed E-state index contributed by atoms with van der Waals surface area (Å²) in [6.07, 6.45) is 0.343. The molecule has 2 N–H and O–H groups in total. The molecule has 2 heterocycles. The highest BCUT2D eigenvalue weighted by molar-refractivity contribution is 7.89. The highest BCUT2D eigenvalue weighted by Gasteiger charge is 2.32.